The van der Waals surface area contributed by atoms with Gasteiger partial charge in [0.15, 0.2) is 0 Å². The van der Waals surface area contributed by atoms with E-state index >= 15 is 0 Å². The molecule has 3 N–H and O–H groups in total. The van der Waals surface area contributed by atoms with Crippen molar-refractivity contribution in [3.63, 3.8) is 0 Å². The van der Waals surface area contributed by atoms with E-state index in [1.807, 2.05) is 6.92 Å². The van der Waals surface area contributed by atoms with Crippen LogP contribution in [0, 0.1) is 0 Å². The zero-order valence-electron chi connectivity index (χ0n) is 11.3. The highest BCUT2D eigenvalue weighted by Gasteiger charge is 2.05. The summed E-state index contributed by atoms with van der Waals surface area (Å²) < 4.78 is 0.783. The topological polar surface area (TPSA) is 78.9 Å². The molecule has 1 aromatic heterocycles. The van der Waals surface area contributed by atoms with E-state index < -0.39 is 0 Å². The van der Waals surface area contributed by atoms with Crippen LogP contribution < -0.4 is 16.0 Å². The molecule has 0 aliphatic rings. The lowest BCUT2D eigenvalue weighted by molar-refractivity contribution is -0.120. The van der Waals surface area contributed by atoms with Crippen molar-refractivity contribution in [2.45, 2.75) is 26.7 Å². The van der Waals surface area contributed by atoms with Gasteiger partial charge in [-0.15, -0.1) is 0 Å². The fraction of sp³-hybridized carbons (Fsp3) is 0.583. The lowest BCUT2D eigenvalue weighted by Crippen LogP contribution is -2.25. The Labute approximate surface area is 121 Å². The van der Waals surface area contributed by atoms with Gasteiger partial charge in [0, 0.05) is 32.3 Å². The maximum atomic E-state index is 11.3. The van der Waals surface area contributed by atoms with Gasteiger partial charge in [-0.25, -0.2) is 4.98 Å². The first-order valence-electron chi connectivity index (χ1n) is 6.44. The predicted octanol–water partition coefficient (Wildman–Crippen LogP) is 2.00. The zero-order valence-corrected chi connectivity index (χ0v) is 12.9. The van der Waals surface area contributed by atoms with E-state index in [-0.39, 0.29) is 5.91 Å². The summed E-state index contributed by atoms with van der Waals surface area (Å²) in [5.74, 6) is 1.31. The first kappa shape index (κ1) is 15.7. The Morgan fingerprint density at radius 2 is 2.11 bits per heavy atom. The van der Waals surface area contributed by atoms with Crippen molar-refractivity contribution in [2.24, 2.45) is 0 Å². The third-order valence-electron chi connectivity index (χ3n) is 2.30. The second-order valence-corrected chi connectivity index (χ2v) is 4.80. The number of nitrogens with one attached hydrogen (secondary N) is 3. The molecular formula is C12H20BrN5O. The average molecular weight is 330 g/mol. The lowest BCUT2D eigenvalue weighted by Gasteiger charge is -2.09. The molecule has 0 aliphatic carbocycles. The van der Waals surface area contributed by atoms with E-state index in [4.69, 9.17) is 0 Å². The summed E-state index contributed by atoms with van der Waals surface area (Å²) in [7, 11) is 0. The Bertz CT molecular complexity index is 413. The molecule has 1 amide bonds. The molecule has 19 heavy (non-hydrogen) atoms. The van der Waals surface area contributed by atoms with Gasteiger partial charge in [0.1, 0.15) is 5.82 Å². The molecule has 0 saturated carbocycles. The molecule has 1 rings (SSSR count). The predicted molar refractivity (Wildman–Crippen MR) is 80.3 cm³/mol. The molecule has 1 aromatic rings. The Hall–Kier alpha value is -1.37. The van der Waals surface area contributed by atoms with E-state index in [0.29, 0.717) is 31.3 Å². The molecule has 0 saturated heterocycles. The zero-order chi connectivity index (χ0) is 14.1. The van der Waals surface area contributed by atoms with Crippen LogP contribution in [0.15, 0.2) is 10.7 Å². The second-order valence-electron chi connectivity index (χ2n) is 3.95. The van der Waals surface area contributed by atoms with Crippen molar-refractivity contribution in [3.05, 3.63) is 10.7 Å². The average Bonchev–Trinajstić information content (AvgIpc) is 2.39. The molecule has 0 aromatic carbocycles. The van der Waals surface area contributed by atoms with Crippen molar-refractivity contribution >= 4 is 33.6 Å². The van der Waals surface area contributed by atoms with Crippen molar-refractivity contribution < 1.29 is 4.79 Å². The summed E-state index contributed by atoms with van der Waals surface area (Å²) in [6, 6.07) is 0. The first-order chi connectivity index (χ1) is 9.17. The molecule has 0 spiro atoms. The summed E-state index contributed by atoms with van der Waals surface area (Å²) in [5, 5.41) is 8.99. The highest BCUT2D eigenvalue weighted by molar-refractivity contribution is 9.10. The summed E-state index contributed by atoms with van der Waals surface area (Å²) in [5.41, 5.74) is 0. The second kappa shape index (κ2) is 8.68. The number of nitrogens with zero attached hydrogens (tertiary/aromatic N) is 2. The van der Waals surface area contributed by atoms with Crippen LogP contribution in [0.1, 0.15) is 26.7 Å². The summed E-state index contributed by atoms with van der Waals surface area (Å²) in [4.78, 5) is 19.8. The van der Waals surface area contributed by atoms with Crippen molar-refractivity contribution in [1.29, 1.82) is 0 Å². The number of hydrogen-bond donors (Lipinski definition) is 3. The maximum absolute atomic E-state index is 11.3. The van der Waals surface area contributed by atoms with Gasteiger partial charge in [-0.2, -0.15) is 4.98 Å². The number of carbonyl (C=O) groups is 1. The van der Waals surface area contributed by atoms with Crippen LogP contribution in [-0.2, 0) is 4.79 Å². The van der Waals surface area contributed by atoms with Gasteiger partial charge < -0.3 is 16.0 Å². The van der Waals surface area contributed by atoms with Crippen LogP contribution in [0.2, 0.25) is 0 Å². The fourth-order valence-corrected chi connectivity index (χ4v) is 1.72. The minimum absolute atomic E-state index is 0.0320. The van der Waals surface area contributed by atoms with Gasteiger partial charge in [-0.05, 0) is 29.3 Å². The monoisotopic (exact) mass is 329 g/mol. The minimum Gasteiger partial charge on any atom is -0.368 e. The largest absolute Gasteiger partial charge is 0.368 e. The summed E-state index contributed by atoms with van der Waals surface area (Å²) >= 11 is 3.38. The Balaban J connectivity index is 2.49. The van der Waals surface area contributed by atoms with Crippen LogP contribution in [0.4, 0.5) is 11.8 Å². The van der Waals surface area contributed by atoms with Gasteiger partial charge in [0.05, 0.1) is 4.47 Å². The van der Waals surface area contributed by atoms with Crippen LogP contribution in [0.3, 0.4) is 0 Å². The Kier molecular flexibility index (Phi) is 7.17. The molecule has 7 heteroatoms. The van der Waals surface area contributed by atoms with Crippen LogP contribution >= 0.6 is 15.9 Å². The number of carbonyl (C=O) groups excluding carboxylic acids is 1. The first-order valence-corrected chi connectivity index (χ1v) is 7.23. The van der Waals surface area contributed by atoms with E-state index in [1.54, 1.807) is 6.20 Å². The molecule has 106 valence electrons. The van der Waals surface area contributed by atoms with Gasteiger partial charge >= 0.3 is 0 Å². The molecule has 0 fully saturated rings. The van der Waals surface area contributed by atoms with Gasteiger partial charge in [0.25, 0.3) is 0 Å². The SMILES string of the molecule is CCCNc1ncc(Br)c(NCCC(=O)NCC)n1. The number of rotatable bonds is 8. The van der Waals surface area contributed by atoms with Crippen molar-refractivity contribution in [3.8, 4) is 0 Å². The summed E-state index contributed by atoms with van der Waals surface area (Å²) in [6.07, 6.45) is 3.13. The quantitative estimate of drug-likeness (QED) is 0.679. The van der Waals surface area contributed by atoms with E-state index in [1.165, 1.54) is 0 Å². The molecule has 0 unspecified atom stereocenters. The molecule has 0 bridgehead atoms. The highest BCUT2D eigenvalue weighted by atomic mass is 79.9. The number of anilines is 2. The van der Waals surface area contributed by atoms with E-state index in [9.17, 15) is 4.79 Å². The number of halogens is 1. The molecule has 1 heterocycles. The van der Waals surface area contributed by atoms with Crippen LogP contribution in [0.5, 0.6) is 0 Å². The normalized spacial score (nSPS) is 10.1. The van der Waals surface area contributed by atoms with E-state index in [0.717, 1.165) is 17.4 Å². The van der Waals surface area contributed by atoms with Crippen LogP contribution in [-0.4, -0.2) is 35.5 Å². The summed E-state index contributed by atoms with van der Waals surface area (Å²) in [6.45, 7) is 6.01. The third-order valence-corrected chi connectivity index (χ3v) is 2.88. The Morgan fingerprint density at radius 1 is 1.32 bits per heavy atom. The minimum atomic E-state index is 0.0320. The maximum Gasteiger partial charge on any atom is 0.224 e. The van der Waals surface area contributed by atoms with Crippen molar-refractivity contribution in [2.75, 3.05) is 30.3 Å². The molecule has 0 radical (unpaired) electrons. The molecule has 0 atom stereocenters. The number of aromatic nitrogens is 2. The van der Waals surface area contributed by atoms with Crippen molar-refractivity contribution in [1.82, 2.24) is 15.3 Å². The van der Waals surface area contributed by atoms with Gasteiger partial charge in [0.2, 0.25) is 11.9 Å². The molecule has 0 aliphatic heterocycles. The van der Waals surface area contributed by atoms with Crippen LogP contribution in [0.25, 0.3) is 0 Å². The Morgan fingerprint density at radius 3 is 2.79 bits per heavy atom. The smallest absolute Gasteiger partial charge is 0.224 e. The van der Waals surface area contributed by atoms with Gasteiger partial charge in [-0.1, -0.05) is 6.92 Å². The van der Waals surface area contributed by atoms with E-state index in [2.05, 4.69) is 48.8 Å². The lowest BCUT2D eigenvalue weighted by atomic mass is 10.4. The standard InChI is InChI=1S/C12H20BrN5O/c1-3-6-16-12-17-8-9(13)11(18-12)15-7-5-10(19)14-4-2/h8H,3-7H2,1-2H3,(H,14,19)(H2,15,16,17,18). The fourth-order valence-electron chi connectivity index (χ4n) is 1.39. The third kappa shape index (κ3) is 5.87. The molecular weight excluding hydrogens is 310 g/mol. The number of hydrogen-bond acceptors (Lipinski definition) is 5. The van der Waals surface area contributed by atoms with Gasteiger partial charge in [-0.3, -0.25) is 4.79 Å². The molecule has 6 nitrogen and oxygen atoms in total. The highest BCUT2D eigenvalue weighted by Crippen LogP contribution is 2.19. The number of amides is 1.